The number of aromatic nitrogens is 2. The van der Waals surface area contributed by atoms with Crippen LogP contribution in [0.5, 0.6) is 0 Å². The minimum Gasteiger partial charge on any atom is -0.393 e. The molecule has 0 radical (unpaired) electrons. The smallest absolute Gasteiger partial charge is 0.269 e. The molecule has 4 N–H and O–H groups in total. The van der Waals surface area contributed by atoms with Gasteiger partial charge in [-0.2, -0.15) is 0 Å². The summed E-state index contributed by atoms with van der Waals surface area (Å²) in [6.45, 7) is 1.86. The van der Waals surface area contributed by atoms with Gasteiger partial charge in [0.2, 0.25) is 0 Å². The van der Waals surface area contributed by atoms with Gasteiger partial charge in [-0.3, -0.25) is 15.6 Å². The Labute approximate surface area is 145 Å². The molecule has 7 nitrogen and oxygen atoms in total. The van der Waals surface area contributed by atoms with Gasteiger partial charge in [0.15, 0.2) is 11.6 Å². The predicted molar refractivity (Wildman–Crippen MR) is 95.0 cm³/mol. The monoisotopic (exact) mass is 346 g/mol. The highest BCUT2D eigenvalue weighted by Gasteiger charge is 2.17. The van der Waals surface area contributed by atoms with Crippen molar-refractivity contribution in [1.29, 1.82) is 0 Å². The third kappa shape index (κ3) is 3.68. The Hall–Kier alpha value is -2.54. The highest BCUT2D eigenvalue weighted by molar-refractivity contribution is 6.30. The minimum absolute atomic E-state index is 0.302. The molecule has 1 aromatic carbocycles. The van der Waals surface area contributed by atoms with Crippen molar-refractivity contribution in [2.75, 3.05) is 29.1 Å². The van der Waals surface area contributed by atoms with Crippen molar-refractivity contribution < 1.29 is 4.79 Å². The number of nitrogen functional groups attached to an aromatic ring is 1. The molecule has 0 atom stereocenters. The quantitative estimate of drug-likeness (QED) is 0.736. The van der Waals surface area contributed by atoms with Crippen molar-refractivity contribution in [3.05, 3.63) is 41.2 Å². The number of nitrogens with one attached hydrogen (secondary N) is 2. The number of amides is 1. The lowest BCUT2D eigenvalue weighted by molar-refractivity contribution is 0.0962. The van der Waals surface area contributed by atoms with Crippen LogP contribution in [0.3, 0.4) is 0 Å². The number of nitrogens with two attached hydrogens (primary N) is 1. The number of halogens is 1. The van der Waals surface area contributed by atoms with Crippen LogP contribution in [-0.4, -0.2) is 29.0 Å². The Kier molecular flexibility index (Phi) is 5.00. The fourth-order valence-electron chi connectivity index (χ4n) is 2.63. The molecule has 8 heteroatoms. The van der Waals surface area contributed by atoms with Gasteiger partial charge in [-0.15, -0.1) is 0 Å². The van der Waals surface area contributed by atoms with Gasteiger partial charge in [-0.1, -0.05) is 11.6 Å². The number of hydrogen-bond donors (Lipinski definition) is 3. The van der Waals surface area contributed by atoms with Crippen LogP contribution in [0.4, 0.5) is 17.3 Å². The van der Waals surface area contributed by atoms with Crippen LogP contribution >= 0.6 is 11.6 Å². The average Bonchev–Trinajstić information content (AvgIpc) is 2.62. The molecule has 1 aliphatic heterocycles. The van der Waals surface area contributed by atoms with Crippen LogP contribution in [0.25, 0.3) is 0 Å². The summed E-state index contributed by atoms with van der Waals surface area (Å²) in [5, 5.41) is 0.575. The molecule has 1 amide bonds. The number of hydrazine groups is 1. The second-order valence-electron chi connectivity index (χ2n) is 5.59. The minimum atomic E-state index is -0.302. The molecule has 1 fully saturated rings. The van der Waals surface area contributed by atoms with E-state index in [1.165, 1.54) is 12.7 Å². The fraction of sp³-hybridized carbons (Fsp3) is 0.312. The summed E-state index contributed by atoms with van der Waals surface area (Å²) in [4.78, 5) is 22.6. The topological polar surface area (TPSA) is 96.2 Å². The van der Waals surface area contributed by atoms with E-state index in [9.17, 15) is 4.79 Å². The van der Waals surface area contributed by atoms with Gasteiger partial charge >= 0.3 is 0 Å². The third-order valence-electron chi connectivity index (χ3n) is 3.92. The van der Waals surface area contributed by atoms with Crippen molar-refractivity contribution in [1.82, 2.24) is 15.4 Å². The lowest BCUT2D eigenvalue weighted by atomic mass is 10.1. The van der Waals surface area contributed by atoms with E-state index >= 15 is 0 Å². The molecule has 0 saturated carbocycles. The van der Waals surface area contributed by atoms with Crippen molar-refractivity contribution in [3.63, 3.8) is 0 Å². The van der Waals surface area contributed by atoms with E-state index in [1.54, 1.807) is 24.3 Å². The molecule has 0 bridgehead atoms. The molecular formula is C16H19ClN6O. The number of anilines is 3. The van der Waals surface area contributed by atoms with E-state index in [4.69, 9.17) is 17.3 Å². The van der Waals surface area contributed by atoms with Crippen LogP contribution in [0.2, 0.25) is 5.02 Å². The van der Waals surface area contributed by atoms with Crippen LogP contribution in [0.1, 0.15) is 29.6 Å². The largest absolute Gasteiger partial charge is 0.393 e. The first-order chi connectivity index (χ1) is 11.6. The maximum atomic E-state index is 12.1. The Morgan fingerprint density at radius 3 is 2.54 bits per heavy atom. The number of carbonyl (C=O) groups is 1. The molecule has 0 spiro atoms. The molecule has 0 unspecified atom stereocenters. The van der Waals surface area contributed by atoms with E-state index in [2.05, 4.69) is 25.7 Å². The third-order valence-corrected chi connectivity index (χ3v) is 4.17. The second-order valence-corrected chi connectivity index (χ2v) is 6.03. The summed E-state index contributed by atoms with van der Waals surface area (Å²) < 4.78 is 0. The van der Waals surface area contributed by atoms with Crippen molar-refractivity contribution >= 4 is 34.8 Å². The van der Waals surface area contributed by atoms with Crippen molar-refractivity contribution in [2.24, 2.45) is 0 Å². The van der Waals surface area contributed by atoms with Gasteiger partial charge in [-0.25, -0.2) is 9.97 Å². The predicted octanol–water partition coefficient (Wildman–Crippen LogP) is 2.46. The summed E-state index contributed by atoms with van der Waals surface area (Å²) in [5.74, 6) is 0.782. The van der Waals surface area contributed by atoms with Crippen molar-refractivity contribution in [3.8, 4) is 0 Å². The summed E-state index contributed by atoms with van der Waals surface area (Å²) in [6.07, 6.45) is 4.92. The molecule has 2 aromatic rings. The Balaban J connectivity index is 1.68. The van der Waals surface area contributed by atoms with Crippen molar-refractivity contribution in [2.45, 2.75) is 19.3 Å². The average molecular weight is 347 g/mol. The molecule has 2 heterocycles. The van der Waals surface area contributed by atoms with E-state index in [0.717, 1.165) is 25.9 Å². The SMILES string of the molecule is Nc1c(NNC(=O)c2ccc(Cl)cc2)ncnc1N1CCCCC1. The van der Waals surface area contributed by atoms with Gasteiger partial charge < -0.3 is 10.6 Å². The first kappa shape index (κ1) is 16.3. The Morgan fingerprint density at radius 2 is 1.83 bits per heavy atom. The second kappa shape index (κ2) is 7.35. The lowest BCUT2D eigenvalue weighted by Crippen LogP contribution is -2.33. The normalized spacial score (nSPS) is 14.3. The van der Waals surface area contributed by atoms with Gasteiger partial charge in [0.05, 0.1) is 0 Å². The van der Waals surface area contributed by atoms with E-state index in [-0.39, 0.29) is 5.91 Å². The molecule has 1 aliphatic rings. The van der Waals surface area contributed by atoms with Crippen LogP contribution < -0.4 is 21.5 Å². The fourth-order valence-corrected chi connectivity index (χ4v) is 2.76. The standard InChI is InChI=1S/C16H19ClN6O/c17-12-6-4-11(5-7-12)16(24)22-21-14-13(18)15(20-10-19-14)23-8-2-1-3-9-23/h4-7,10H,1-3,8-9,18H2,(H,22,24)(H,19,20,21). The highest BCUT2D eigenvalue weighted by atomic mass is 35.5. The summed E-state index contributed by atoms with van der Waals surface area (Å²) in [7, 11) is 0. The molecule has 1 aromatic heterocycles. The van der Waals surface area contributed by atoms with Gasteiger partial charge in [0.1, 0.15) is 12.0 Å². The van der Waals surface area contributed by atoms with Gasteiger partial charge in [-0.05, 0) is 43.5 Å². The molecule has 24 heavy (non-hydrogen) atoms. The summed E-state index contributed by atoms with van der Waals surface area (Å²) in [6, 6.07) is 6.59. The van der Waals surface area contributed by atoms with Crippen LogP contribution in [-0.2, 0) is 0 Å². The number of nitrogens with zero attached hydrogens (tertiary/aromatic N) is 3. The molecule has 126 valence electrons. The molecule has 3 rings (SSSR count). The van der Waals surface area contributed by atoms with Gasteiger partial charge in [0, 0.05) is 23.7 Å². The number of benzene rings is 1. The van der Waals surface area contributed by atoms with E-state index in [1.807, 2.05) is 0 Å². The maximum Gasteiger partial charge on any atom is 0.269 e. The zero-order valence-corrected chi connectivity index (χ0v) is 13.9. The summed E-state index contributed by atoms with van der Waals surface area (Å²) in [5.41, 5.74) is 12.4. The van der Waals surface area contributed by atoms with Crippen LogP contribution in [0.15, 0.2) is 30.6 Å². The first-order valence-corrected chi connectivity index (χ1v) is 8.20. The van der Waals surface area contributed by atoms with E-state index < -0.39 is 0 Å². The summed E-state index contributed by atoms with van der Waals surface area (Å²) >= 11 is 5.82. The number of carbonyl (C=O) groups excluding carboxylic acids is 1. The molecule has 1 saturated heterocycles. The number of piperidine rings is 1. The Bertz CT molecular complexity index is 715. The zero-order valence-electron chi connectivity index (χ0n) is 13.1. The van der Waals surface area contributed by atoms with E-state index in [0.29, 0.717) is 27.9 Å². The first-order valence-electron chi connectivity index (χ1n) is 7.82. The molecule has 0 aliphatic carbocycles. The highest BCUT2D eigenvalue weighted by Crippen LogP contribution is 2.27. The molecular weight excluding hydrogens is 328 g/mol. The van der Waals surface area contributed by atoms with Crippen LogP contribution in [0, 0.1) is 0 Å². The maximum absolute atomic E-state index is 12.1. The Morgan fingerprint density at radius 1 is 1.12 bits per heavy atom. The lowest BCUT2D eigenvalue weighted by Gasteiger charge is -2.28. The number of rotatable bonds is 4. The zero-order chi connectivity index (χ0) is 16.9. The van der Waals surface area contributed by atoms with Gasteiger partial charge in [0.25, 0.3) is 5.91 Å². The number of hydrogen-bond acceptors (Lipinski definition) is 6.